The molecule has 1 aromatic heterocycles. The molecule has 20 heavy (non-hydrogen) atoms. The highest BCUT2D eigenvalue weighted by Crippen LogP contribution is 2.24. The van der Waals surface area contributed by atoms with Gasteiger partial charge in [0.2, 0.25) is 0 Å². The molecule has 2 atom stereocenters. The van der Waals surface area contributed by atoms with E-state index >= 15 is 0 Å². The van der Waals surface area contributed by atoms with Crippen LogP contribution in [-0.2, 0) is 4.79 Å². The predicted octanol–water partition coefficient (Wildman–Crippen LogP) is 1.98. The van der Waals surface area contributed by atoms with E-state index in [2.05, 4.69) is 10.3 Å². The lowest BCUT2D eigenvalue weighted by Gasteiger charge is -2.22. The molecule has 1 aliphatic rings. The number of amides is 1. The van der Waals surface area contributed by atoms with E-state index in [1.165, 1.54) is 12.3 Å². The third-order valence-corrected chi connectivity index (χ3v) is 3.67. The van der Waals surface area contributed by atoms with Crippen molar-refractivity contribution in [1.29, 1.82) is 0 Å². The number of nitrogens with zero attached hydrogens (tertiary/aromatic N) is 1. The summed E-state index contributed by atoms with van der Waals surface area (Å²) in [5.74, 6) is -2.80. The Labute approximate surface area is 116 Å². The summed E-state index contributed by atoms with van der Waals surface area (Å²) in [6.07, 6.45) is 6.12. The summed E-state index contributed by atoms with van der Waals surface area (Å²) >= 11 is 0. The van der Waals surface area contributed by atoms with E-state index in [9.17, 15) is 19.1 Å². The molecule has 1 fully saturated rings. The summed E-state index contributed by atoms with van der Waals surface area (Å²) < 4.78 is 13.5. The van der Waals surface area contributed by atoms with Gasteiger partial charge in [0.25, 0.3) is 5.91 Å². The van der Waals surface area contributed by atoms with Crippen LogP contribution in [0, 0.1) is 11.7 Å². The zero-order valence-electron chi connectivity index (χ0n) is 11.0. The number of carbonyl (C=O) groups excluding carboxylic acids is 1. The zero-order chi connectivity index (χ0) is 14.5. The van der Waals surface area contributed by atoms with Crippen LogP contribution >= 0.6 is 0 Å². The molecule has 1 saturated carbocycles. The third kappa shape index (κ3) is 3.31. The number of carboxylic acids is 1. The molecule has 0 bridgehead atoms. The second-order valence-electron chi connectivity index (χ2n) is 5.02. The lowest BCUT2D eigenvalue weighted by atomic mass is 9.94. The van der Waals surface area contributed by atoms with Gasteiger partial charge in [0.15, 0.2) is 5.82 Å². The molecule has 0 saturated heterocycles. The lowest BCUT2D eigenvalue weighted by molar-refractivity contribution is -0.142. The number of halogens is 1. The van der Waals surface area contributed by atoms with Crippen LogP contribution < -0.4 is 5.32 Å². The molecule has 1 aromatic rings. The number of hydrogen-bond acceptors (Lipinski definition) is 3. The molecule has 1 heterocycles. The molecule has 1 aliphatic carbocycles. The normalized spacial score (nSPS) is 22.9. The molecular weight excluding hydrogens is 263 g/mol. The van der Waals surface area contributed by atoms with Crippen molar-refractivity contribution in [1.82, 2.24) is 10.3 Å². The predicted molar refractivity (Wildman–Crippen MR) is 69.7 cm³/mol. The Morgan fingerprint density at radius 2 is 2.05 bits per heavy atom. The number of pyridine rings is 1. The van der Waals surface area contributed by atoms with Crippen molar-refractivity contribution in [3.8, 4) is 0 Å². The van der Waals surface area contributed by atoms with Gasteiger partial charge in [-0.3, -0.25) is 14.6 Å². The number of hydrogen-bond donors (Lipinski definition) is 2. The summed E-state index contributed by atoms with van der Waals surface area (Å²) in [6.45, 7) is 0. The maximum atomic E-state index is 13.5. The van der Waals surface area contributed by atoms with Crippen LogP contribution in [0.25, 0.3) is 0 Å². The monoisotopic (exact) mass is 280 g/mol. The van der Waals surface area contributed by atoms with Crippen molar-refractivity contribution in [2.75, 3.05) is 0 Å². The van der Waals surface area contributed by atoms with E-state index in [0.29, 0.717) is 12.8 Å². The second kappa shape index (κ2) is 6.45. The first-order valence-electron chi connectivity index (χ1n) is 6.73. The Morgan fingerprint density at radius 1 is 1.30 bits per heavy atom. The van der Waals surface area contributed by atoms with Crippen LogP contribution in [0.2, 0.25) is 0 Å². The number of aromatic nitrogens is 1. The van der Waals surface area contributed by atoms with Crippen LogP contribution in [0.5, 0.6) is 0 Å². The topological polar surface area (TPSA) is 79.3 Å². The van der Waals surface area contributed by atoms with Gasteiger partial charge in [-0.05, 0) is 18.9 Å². The Morgan fingerprint density at radius 3 is 2.75 bits per heavy atom. The van der Waals surface area contributed by atoms with E-state index in [1.54, 1.807) is 0 Å². The maximum absolute atomic E-state index is 13.5. The molecule has 2 N–H and O–H groups in total. The molecule has 2 rings (SSSR count). The highest BCUT2D eigenvalue weighted by Gasteiger charge is 2.31. The quantitative estimate of drug-likeness (QED) is 0.830. The number of rotatable bonds is 3. The Bertz CT molecular complexity index is 507. The molecule has 5 nitrogen and oxygen atoms in total. The van der Waals surface area contributed by atoms with Gasteiger partial charge in [-0.15, -0.1) is 0 Å². The minimum absolute atomic E-state index is 0.103. The first-order valence-corrected chi connectivity index (χ1v) is 6.73. The van der Waals surface area contributed by atoms with Gasteiger partial charge in [0, 0.05) is 12.2 Å². The van der Waals surface area contributed by atoms with E-state index in [4.69, 9.17) is 0 Å². The summed E-state index contributed by atoms with van der Waals surface area (Å²) in [5, 5.41) is 11.9. The molecule has 0 spiro atoms. The molecule has 1 amide bonds. The molecule has 0 aliphatic heterocycles. The Kier molecular flexibility index (Phi) is 4.65. The van der Waals surface area contributed by atoms with Gasteiger partial charge in [-0.25, -0.2) is 4.39 Å². The standard InChI is InChI=1S/C14H17FN2O3/c15-11-8-16-7-6-9(11)13(18)17-12-5-3-1-2-4-10(12)14(19)20/h6-8,10,12H,1-5H2,(H,17,18)(H,19,20). The van der Waals surface area contributed by atoms with Crippen LogP contribution in [0.15, 0.2) is 18.5 Å². The van der Waals surface area contributed by atoms with Gasteiger partial charge >= 0.3 is 5.97 Å². The third-order valence-electron chi connectivity index (χ3n) is 3.67. The minimum atomic E-state index is -0.910. The van der Waals surface area contributed by atoms with E-state index in [0.717, 1.165) is 25.5 Å². The fourth-order valence-electron chi connectivity index (χ4n) is 2.58. The van der Waals surface area contributed by atoms with Gasteiger partial charge in [0.1, 0.15) is 0 Å². The molecule has 0 radical (unpaired) electrons. The first-order chi connectivity index (χ1) is 9.59. The largest absolute Gasteiger partial charge is 0.481 e. The van der Waals surface area contributed by atoms with E-state index in [-0.39, 0.29) is 5.56 Å². The lowest BCUT2D eigenvalue weighted by Crippen LogP contribution is -2.43. The van der Waals surface area contributed by atoms with Crippen LogP contribution in [-0.4, -0.2) is 28.0 Å². The van der Waals surface area contributed by atoms with Gasteiger partial charge in [-0.1, -0.05) is 19.3 Å². The summed E-state index contributed by atoms with van der Waals surface area (Å²) in [4.78, 5) is 26.9. The fourth-order valence-corrected chi connectivity index (χ4v) is 2.58. The second-order valence-corrected chi connectivity index (χ2v) is 5.02. The van der Waals surface area contributed by atoms with Gasteiger partial charge in [-0.2, -0.15) is 0 Å². The van der Waals surface area contributed by atoms with E-state index < -0.39 is 29.7 Å². The summed E-state index contributed by atoms with van der Waals surface area (Å²) in [6, 6.07) is 0.840. The average Bonchev–Trinajstić information content (AvgIpc) is 2.64. The Balaban J connectivity index is 2.12. The number of nitrogens with one attached hydrogen (secondary N) is 1. The number of aliphatic carboxylic acids is 1. The molecule has 0 aromatic carbocycles. The van der Waals surface area contributed by atoms with Gasteiger partial charge < -0.3 is 10.4 Å². The van der Waals surface area contributed by atoms with Crippen molar-refractivity contribution < 1.29 is 19.1 Å². The van der Waals surface area contributed by atoms with Crippen molar-refractivity contribution in [3.63, 3.8) is 0 Å². The average molecular weight is 280 g/mol. The van der Waals surface area contributed by atoms with Crippen molar-refractivity contribution in [2.45, 2.75) is 38.1 Å². The van der Waals surface area contributed by atoms with Crippen molar-refractivity contribution in [2.24, 2.45) is 5.92 Å². The summed E-state index contributed by atoms with van der Waals surface area (Å²) in [5.41, 5.74) is -0.103. The summed E-state index contributed by atoms with van der Waals surface area (Å²) in [7, 11) is 0. The fraction of sp³-hybridized carbons (Fsp3) is 0.500. The Hall–Kier alpha value is -1.98. The smallest absolute Gasteiger partial charge is 0.308 e. The maximum Gasteiger partial charge on any atom is 0.308 e. The highest BCUT2D eigenvalue weighted by atomic mass is 19.1. The van der Waals surface area contributed by atoms with E-state index in [1.807, 2.05) is 0 Å². The number of carbonyl (C=O) groups is 2. The number of carboxylic acid groups (broad SMARTS) is 1. The van der Waals surface area contributed by atoms with Crippen molar-refractivity contribution >= 4 is 11.9 Å². The SMILES string of the molecule is O=C(NC1CCCCCC1C(=O)O)c1ccncc1F. The highest BCUT2D eigenvalue weighted by molar-refractivity contribution is 5.94. The first kappa shape index (κ1) is 14.4. The van der Waals surface area contributed by atoms with Gasteiger partial charge in [0.05, 0.1) is 17.7 Å². The van der Waals surface area contributed by atoms with Crippen LogP contribution in [0.1, 0.15) is 42.5 Å². The van der Waals surface area contributed by atoms with Crippen molar-refractivity contribution in [3.05, 3.63) is 29.8 Å². The molecule has 2 unspecified atom stereocenters. The zero-order valence-corrected chi connectivity index (χ0v) is 11.0. The van der Waals surface area contributed by atoms with Crippen LogP contribution in [0.4, 0.5) is 4.39 Å². The minimum Gasteiger partial charge on any atom is -0.481 e. The molecular formula is C14H17FN2O3. The van der Waals surface area contributed by atoms with Crippen LogP contribution in [0.3, 0.4) is 0 Å². The molecule has 108 valence electrons. The molecule has 6 heteroatoms.